The van der Waals surface area contributed by atoms with E-state index >= 15 is 0 Å². The Morgan fingerprint density at radius 3 is 2.80 bits per heavy atom. The molecule has 30 heavy (non-hydrogen) atoms. The van der Waals surface area contributed by atoms with E-state index < -0.39 is 5.82 Å². The number of nitrogen functional groups attached to an aromatic ring is 1. The number of nitrogens with zero attached hydrogens (tertiary/aromatic N) is 4. The monoisotopic (exact) mass is 427 g/mol. The van der Waals surface area contributed by atoms with Gasteiger partial charge in [0, 0.05) is 31.7 Å². The minimum Gasteiger partial charge on any atom is -0.467 e. The lowest BCUT2D eigenvalue weighted by Crippen LogP contribution is -2.44. The van der Waals surface area contributed by atoms with Crippen molar-refractivity contribution in [2.75, 3.05) is 43.9 Å². The van der Waals surface area contributed by atoms with Gasteiger partial charge in [-0.15, -0.1) is 0 Å². The van der Waals surface area contributed by atoms with Crippen LogP contribution < -0.4 is 26.2 Å². The molecular weight excluding hydrogens is 409 g/mol. The number of aromatic nitrogens is 4. The average Bonchev–Trinajstić information content (AvgIpc) is 3.16. The number of ether oxygens (including phenoxy) is 1. The molecule has 4 N–H and O–H groups in total. The molecule has 1 aromatic carbocycles. The number of fused-ring (bicyclic) bond motifs is 2. The van der Waals surface area contributed by atoms with E-state index in [1.54, 1.807) is 12.1 Å². The molecule has 4 aromatic rings. The summed E-state index contributed by atoms with van der Waals surface area (Å²) in [5, 5.41) is 3.92. The Balaban J connectivity index is 1.75. The SMILES string of the molecule is COc1nc(N2CCNCC2)c2c(=O)[nH]c(-c3ccc(F)c4sc(N)nc34)cc2n1. The van der Waals surface area contributed by atoms with Crippen LogP contribution in [0.3, 0.4) is 0 Å². The van der Waals surface area contributed by atoms with Gasteiger partial charge in [0.2, 0.25) is 0 Å². The highest BCUT2D eigenvalue weighted by molar-refractivity contribution is 7.22. The van der Waals surface area contributed by atoms with Crippen molar-refractivity contribution < 1.29 is 9.13 Å². The highest BCUT2D eigenvalue weighted by Gasteiger charge is 2.21. The summed E-state index contributed by atoms with van der Waals surface area (Å²) in [4.78, 5) is 31.1. The summed E-state index contributed by atoms with van der Waals surface area (Å²) in [5.74, 6) is 0.129. The highest BCUT2D eigenvalue weighted by atomic mass is 32.1. The van der Waals surface area contributed by atoms with Gasteiger partial charge in [-0.1, -0.05) is 11.3 Å². The van der Waals surface area contributed by atoms with Gasteiger partial charge in [-0.2, -0.15) is 9.97 Å². The zero-order chi connectivity index (χ0) is 20.8. The van der Waals surface area contributed by atoms with Crippen LogP contribution in [0.5, 0.6) is 6.01 Å². The standard InChI is InChI=1S/C19H18FN7O2S/c1-29-19-24-12-8-11(9-2-3-10(20)15-14(9)25-18(21)30-15)23-17(28)13(12)16(26-19)27-6-4-22-5-7-27/h2-3,8,22H,4-7H2,1H3,(H2,21,25)(H,23,28). The van der Waals surface area contributed by atoms with E-state index in [0.29, 0.717) is 51.3 Å². The third kappa shape index (κ3) is 3.02. The van der Waals surface area contributed by atoms with Crippen molar-refractivity contribution in [3.63, 3.8) is 0 Å². The van der Waals surface area contributed by atoms with E-state index in [1.165, 1.54) is 13.2 Å². The van der Waals surface area contributed by atoms with Crippen LogP contribution in [0, 0.1) is 5.82 Å². The van der Waals surface area contributed by atoms with Gasteiger partial charge >= 0.3 is 6.01 Å². The summed E-state index contributed by atoms with van der Waals surface area (Å²) in [6.07, 6.45) is 0. The number of hydrogen-bond donors (Lipinski definition) is 3. The molecule has 0 amide bonds. The zero-order valence-corrected chi connectivity index (χ0v) is 16.8. The summed E-state index contributed by atoms with van der Waals surface area (Å²) in [6, 6.07) is 4.82. The van der Waals surface area contributed by atoms with E-state index in [4.69, 9.17) is 10.5 Å². The molecule has 154 valence electrons. The van der Waals surface area contributed by atoms with Crippen LogP contribution in [0.2, 0.25) is 0 Å². The van der Waals surface area contributed by atoms with Gasteiger partial charge in [0.05, 0.1) is 28.5 Å². The fraction of sp³-hybridized carbons (Fsp3) is 0.263. The Kier molecular flexibility index (Phi) is 4.48. The Hall–Kier alpha value is -3.31. The van der Waals surface area contributed by atoms with E-state index in [1.807, 2.05) is 4.90 Å². The molecule has 1 saturated heterocycles. The lowest BCUT2D eigenvalue weighted by atomic mass is 10.1. The van der Waals surface area contributed by atoms with Gasteiger partial charge in [-0.05, 0) is 18.2 Å². The molecule has 3 aromatic heterocycles. The molecule has 9 nitrogen and oxygen atoms in total. The maximum atomic E-state index is 14.2. The first-order valence-corrected chi connectivity index (χ1v) is 10.2. The number of H-pyrrole nitrogens is 1. The number of pyridine rings is 1. The molecule has 0 aliphatic carbocycles. The minimum absolute atomic E-state index is 0.176. The molecule has 0 radical (unpaired) electrons. The summed E-state index contributed by atoms with van der Waals surface area (Å²) in [6.45, 7) is 3.02. The molecular formula is C19H18FN7O2S. The smallest absolute Gasteiger partial charge is 0.318 e. The first kappa shape index (κ1) is 18.7. The topological polar surface area (TPSA) is 122 Å². The van der Waals surface area contributed by atoms with Crippen molar-refractivity contribution in [1.82, 2.24) is 25.3 Å². The van der Waals surface area contributed by atoms with Crippen LogP contribution in [0.25, 0.3) is 32.4 Å². The van der Waals surface area contributed by atoms with Crippen LogP contribution in [-0.4, -0.2) is 53.2 Å². The number of benzene rings is 1. The molecule has 1 fully saturated rings. The number of nitrogens with two attached hydrogens (primary N) is 1. The zero-order valence-electron chi connectivity index (χ0n) is 16.0. The predicted octanol–water partition coefficient (Wildman–Crippen LogP) is 1.73. The lowest BCUT2D eigenvalue weighted by Gasteiger charge is -2.29. The van der Waals surface area contributed by atoms with E-state index in [2.05, 4.69) is 25.3 Å². The van der Waals surface area contributed by atoms with Crippen LogP contribution in [0.15, 0.2) is 23.0 Å². The van der Waals surface area contributed by atoms with Crippen molar-refractivity contribution >= 4 is 43.4 Å². The van der Waals surface area contributed by atoms with Crippen molar-refractivity contribution in [2.45, 2.75) is 0 Å². The molecule has 5 rings (SSSR count). The minimum atomic E-state index is -0.406. The number of piperazine rings is 1. The number of thiazole rings is 1. The Labute approximate surface area is 173 Å². The van der Waals surface area contributed by atoms with Crippen molar-refractivity contribution in [3.8, 4) is 17.3 Å². The molecule has 0 spiro atoms. The van der Waals surface area contributed by atoms with Crippen molar-refractivity contribution in [2.24, 2.45) is 0 Å². The number of methoxy groups -OCH3 is 1. The van der Waals surface area contributed by atoms with Crippen LogP contribution >= 0.6 is 11.3 Å². The molecule has 11 heteroatoms. The Morgan fingerprint density at radius 1 is 1.23 bits per heavy atom. The quantitative estimate of drug-likeness (QED) is 0.452. The number of aromatic amines is 1. The van der Waals surface area contributed by atoms with E-state index in [9.17, 15) is 9.18 Å². The average molecular weight is 427 g/mol. The molecule has 0 saturated carbocycles. The summed E-state index contributed by atoms with van der Waals surface area (Å²) >= 11 is 1.06. The molecule has 4 heterocycles. The number of nitrogens with one attached hydrogen (secondary N) is 2. The first-order chi connectivity index (χ1) is 14.5. The number of hydrogen-bond acceptors (Lipinski definition) is 9. The summed E-state index contributed by atoms with van der Waals surface area (Å²) in [5.41, 5.74) is 7.33. The molecule has 0 bridgehead atoms. The second-order valence-electron chi connectivity index (χ2n) is 6.87. The third-order valence-electron chi connectivity index (χ3n) is 5.06. The number of halogens is 1. The number of rotatable bonds is 3. The van der Waals surface area contributed by atoms with Crippen LogP contribution in [-0.2, 0) is 0 Å². The Bertz CT molecular complexity index is 1330. The Morgan fingerprint density at radius 2 is 2.03 bits per heavy atom. The number of anilines is 2. The third-order valence-corrected chi connectivity index (χ3v) is 5.95. The fourth-order valence-corrected chi connectivity index (χ4v) is 4.44. The summed E-state index contributed by atoms with van der Waals surface area (Å²) in [7, 11) is 1.48. The second-order valence-corrected chi connectivity index (χ2v) is 7.90. The maximum absolute atomic E-state index is 14.2. The van der Waals surface area contributed by atoms with Gasteiger partial charge in [0.15, 0.2) is 5.13 Å². The van der Waals surface area contributed by atoms with Gasteiger partial charge in [0.25, 0.3) is 5.56 Å². The van der Waals surface area contributed by atoms with Crippen molar-refractivity contribution in [1.29, 1.82) is 0 Å². The second kappa shape index (κ2) is 7.18. The maximum Gasteiger partial charge on any atom is 0.318 e. The predicted molar refractivity (Wildman–Crippen MR) is 115 cm³/mol. The molecule has 1 aliphatic heterocycles. The lowest BCUT2D eigenvalue weighted by molar-refractivity contribution is 0.381. The van der Waals surface area contributed by atoms with Gasteiger partial charge < -0.3 is 25.7 Å². The van der Waals surface area contributed by atoms with Gasteiger partial charge in [0.1, 0.15) is 17.0 Å². The van der Waals surface area contributed by atoms with Crippen LogP contribution in [0.4, 0.5) is 15.3 Å². The highest BCUT2D eigenvalue weighted by Crippen LogP contribution is 2.34. The van der Waals surface area contributed by atoms with Crippen molar-refractivity contribution in [3.05, 3.63) is 34.4 Å². The van der Waals surface area contributed by atoms with Crippen LogP contribution in [0.1, 0.15) is 0 Å². The fourth-order valence-electron chi connectivity index (χ4n) is 3.68. The molecule has 1 aliphatic rings. The molecule has 0 atom stereocenters. The van der Waals surface area contributed by atoms with Gasteiger partial charge in [-0.25, -0.2) is 9.37 Å². The summed E-state index contributed by atoms with van der Waals surface area (Å²) < 4.78 is 19.8. The van der Waals surface area contributed by atoms with Gasteiger partial charge in [-0.3, -0.25) is 4.79 Å². The van der Waals surface area contributed by atoms with E-state index in [0.717, 1.165) is 24.4 Å². The normalized spacial score (nSPS) is 14.5. The molecule has 0 unspecified atom stereocenters. The van der Waals surface area contributed by atoms with E-state index in [-0.39, 0.29) is 16.7 Å². The largest absolute Gasteiger partial charge is 0.467 e. The first-order valence-electron chi connectivity index (χ1n) is 9.35.